The Labute approximate surface area is 136 Å². The van der Waals surface area contributed by atoms with E-state index in [-0.39, 0.29) is 44.4 Å². The van der Waals surface area contributed by atoms with Crippen molar-refractivity contribution in [2.24, 2.45) is 5.92 Å². The second-order valence-electron chi connectivity index (χ2n) is 6.27. The predicted octanol–water partition coefficient (Wildman–Crippen LogP) is 1.26. The van der Waals surface area contributed by atoms with Gasteiger partial charge < -0.3 is 14.9 Å². The summed E-state index contributed by atoms with van der Waals surface area (Å²) in [5.41, 5.74) is -0.375. The number of carbonyl (C=O) groups is 2. The molecule has 2 amide bonds. The first-order valence-electron chi connectivity index (χ1n) is 7.65. The van der Waals surface area contributed by atoms with Crippen molar-refractivity contribution < 1.29 is 27.9 Å². The van der Waals surface area contributed by atoms with Gasteiger partial charge in [0, 0.05) is 32.6 Å². The number of hydrogen-bond acceptors (Lipinski definition) is 3. The van der Waals surface area contributed by atoms with Crippen molar-refractivity contribution in [3.05, 3.63) is 35.4 Å². The minimum absolute atomic E-state index is 0.0508. The van der Waals surface area contributed by atoms with E-state index in [4.69, 9.17) is 0 Å². The summed E-state index contributed by atoms with van der Waals surface area (Å²) in [6.45, 7) is 0.796. The van der Waals surface area contributed by atoms with Crippen LogP contribution in [-0.4, -0.2) is 52.5 Å². The number of aliphatic hydroxyl groups excluding tert-OH is 1. The van der Waals surface area contributed by atoms with E-state index in [1.54, 1.807) is 0 Å². The van der Waals surface area contributed by atoms with Crippen molar-refractivity contribution in [2.45, 2.75) is 25.2 Å². The van der Waals surface area contributed by atoms with Gasteiger partial charge in [0.05, 0.1) is 17.6 Å². The molecular weight excluding hydrogens is 325 g/mol. The Morgan fingerprint density at radius 2 is 1.96 bits per heavy atom. The smallest absolute Gasteiger partial charge is 0.389 e. The Bertz CT molecular complexity index is 656. The van der Waals surface area contributed by atoms with Crippen LogP contribution in [0.3, 0.4) is 0 Å². The zero-order chi connectivity index (χ0) is 17.5. The molecule has 2 aliphatic rings. The van der Waals surface area contributed by atoms with Crippen LogP contribution in [0.25, 0.3) is 0 Å². The van der Waals surface area contributed by atoms with Crippen molar-refractivity contribution in [2.75, 3.05) is 19.6 Å². The van der Waals surface area contributed by atoms with Crippen LogP contribution in [0.15, 0.2) is 24.3 Å². The molecule has 2 heterocycles. The van der Waals surface area contributed by atoms with E-state index in [1.807, 2.05) is 0 Å². The number of hydrogen-bond donors (Lipinski definition) is 1. The highest BCUT2D eigenvalue weighted by atomic mass is 19.4. The number of β-amino-alcohol motifs (C(OH)–C–C–N with tert-alkyl or cyclic N) is 1. The van der Waals surface area contributed by atoms with Gasteiger partial charge in [0.15, 0.2) is 0 Å². The number of amides is 2. The molecule has 2 aliphatic heterocycles. The van der Waals surface area contributed by atoms with Crippen LogP contribution in [0.1, 0.15) is 17.5 Å². The average Bonchev–Trinajstić information content (AvgIpc) is 2.84. The third-order valence-electron chi connectivity index (χ3n) is 4.37. The molecule has 0 bridgehead atoms. The lowest BCUT2D eigenvalue weighted by Gasteiger charge is -2.37. The van der Waals surface area contributed by atoms with Crippen LogP contribution in [0.2, 0.25) is 0 Å². The number of rotatable bonds is 3. The fourth-order valence-electron chi connectivity index (χ4n) is 3.05. The molecule has 1 N–H and O–H groups in total. The number of halogens is 3. The summed E-state index contributed by atoms with van der Waals surface area (Å²) in [5.74, 6) is -0.914. The lowest BCUT2D eigenvalue weighted by atomic mass is 10.0. The van der Waals surface area contributed by atoms with Gasteiger partial charge in [0.25, 0.3) is 0 Å². The maximum atomic E-state index is 12.7. The molecule has 0 aliphatic carbocycles. The molecule has 1 aromatic carbocycles. The van der Waals surface area contributed by atoms with Gasteiger partial charge in [-0.3, -0.25) is 9.59 Å². The molecule has 24 heavy (non-hydrogen) atoms. The Balaban J connectivity index is 1.64. The quantitative estimate of drug-likeness (QED) is 0.900. The SMILES string of the molecule is O=C1CC(C(=O)N2CC(O)C2)CN1Cc1cccc(C(F)(F)F)c1. The Morgan fingerprint density at radius 1 is 1.25 bits per heavy atom. The summed E-state index contributed by atoms with van der Waals surface area (Å²) in [7, 11) is 0. The molecule has 3 rings (SSSR count). The number of carbonyl (C=O) groups excluding carboxylic acids is 2. The molecule has 0 saturated carbocycles. The molecule has 130 valence electrons. The number of alkyl halides is 3. The fourth-order valence-corrected chi connectivity index (χ4v) is 3.05. The number of likely N-dealkylation sites (tertiary alicyclic amines) is 2. The largest absolute Gasteiger partial charge is 0.416 e. The number of benzene rings is 1. The maximum absolute atomic E-state index is 12.7. The average molecular weight is 342 g/mol. The van der Waals surface area contributed by atoms with Gasteiger partial charge in [-0.2, -0.15) is 13.2 Å². The van der Waals surface area contributed by atoms with Crippen LogP contribution in [0.4, 0.5) is 13.2 Å². The van der Waals surface area contributed by atoms with Gasteiger partial charge >= 0.3 is 6.18 Å². The van der Waals surface area contributed by atoms with E-state index >= 15 is 0 Å². The van der Waals surface area contributed by atoms with Crippen molar-refractivity contribution in [1.29, 1.82) is 0 Å². The van der Waals surface area contributed by atoms with Gasteiger partial charge in [-0.1, -0.05) is 12.1 Å². The van der Waals surface area contributed by atoms with Crippen LogP contribution in [0.5, 0.6) is 0 Å². The summed E-state index contributed by atoms with van der Waals surface area (Å²) < 4.78 is 38.2. The molecule has 2 fully saturated rings. The highest BCUT2D eigenvalue weighted by Gasteiger charge is 2.40. The summed E-state index contributed by atoms with van der Waals surface area (Å²) in [6.07, 6.45) is -4.88. The van der Waals surface area contributed by atoms with Crippen molar-refractivity contribution in [3.8, 4) is 0 Å². The number of aliphatic hydroxyl groups is 1. The third-order valence-corrected chi connectivity index (χ3v) is 4.37. The van der Waals surface area contributed by atoms with Crippen LogP contribution >= 0.6 is 0 Å². The van der Waals surface area contributed by atoms with Gasteiger partial charge in [0.2, 0.25) is 11.8 Å². The first kappa shape index (κ1) is 16.8. The van der Waals surface area contributed by atoms with E-state index in [0.29, 0.717) is 5.56 Å². The Hall–Kier alpha value is -2.09. The molecule has 1 aromatic rings. The second kappa shape index (κ2) is 6.08. The predicted molar refractivity (Wildman–Crippen MR) is 77.6 cm³/mol. The van der Waals surface area contributed by atoms with Crippen LogP contribution in [0, 0.1) is 5.92 Å². The highest BCUT2D eigenvalue weighted by molar-refractivity contribution is 5.89. The molecule has 1 atom stereocenters. The summed E-state index contributed by atoms with van der Waals surface area (Å²) in [4.78, 5) is 27.1. The van der Waals surface area contributed by atoms with Gasteiger partial charge in [-0.15, -0.1) is 0 Å². The molecule has 5 nitrogen and oxygen atoms in total. The molecule has 0 radical (unpaired) electrons. The fraction of sp³-hybridized carbons (Fsp3) is 0.500. The monoisotopic (exact) mass is 342 g/mol. The molecule has 0 aromatic heterocycles. The molecule has 2 saturated heterocycles. The second-order valence-corrected chi connectivity index (χ2v) is 6.27. The molecule has 0 spiro atoms. The summed E-state index contributed by atoms with van der Waals surface area (Å²) >= 11 is 0. The van der Waals surface area contributed by atoms with Crippen molar-refractivity contribution in [1.82, 2.24) is 9.80 Å². The molecule has 8 heteroatoms. The third kappa shape index (κ3) is 3.38. The first-order valence-corrected chi connectivity index (χ1v) is 7.65. The van der Waals surface area contributed by atoms with E-state index < -0.39 is 23.8 Å². The van der Waals surface area contributed by atoms with Crippen LogP contribution < -0.4 is 0 Å². The minimum atomic E-state index is -4.43. The molecular formula is C16H17F3N2O3. The zero-order valence-electron chi connectivity index (χ0n) is 12.8. The summed E-state index contributed by atoms with van der Waals surface area (Å²) in [5, 5.41) is 9.24. The van der Waals surface area contributed by atoms with Crippen molar-refractivity contribution in [3.63, 3.8) is 0 Å². The van der Waals surface area contributed by atoms with Gasteiger partial charge in [-0.25, -0.2) is 0 Å². The van der Waals surface area contributed by atoms with E-state index in [1.165, 1.54) is 21.9 Å². The van der Waals surface area contributed by atoms with Crippen molar-refractivity contribution >= 4 is 11.8 Å². The lowest BCUT2D eigenvalue weighted by molar-refractivity contribution is -0.145. The summed E-state index contributed by atoms with van der Waals surface area (Å²) in [6, 6.07) is 4.84. The maximum Gasteiger partial charge on any atom is 0.416 e. The number of nitrogens with zero attached hydrogens (tertiary/aromatic N) is 2. The highest BCUT2D eigenvalue weighted by Crippen LogP contribution is 2.30. The normalized spacial score (nSPS) is 22.0. The first-order chi connectivity index (χ1) is 11.2. The Morgan fingerprint density at radius 3 is 2.58 bits per heavy atom. The van der Waals surface area contributed by atoms with E-state index in [2.05, 4.69) is 0 Å². The molecule has 1 unspecified atom stereocenters. The zero-order valence-corrected chi connectivity index (χ0v) is 12.8. The van der Waals surface area contributed by atoms with Gasteiger partial charge in [0.1, 0.15) is 0 Å². The van der Waals surface area contributed by atoms with E-state index in [0.717, 1.165) is 12.1 Å². The standard InChI is InChI=1S/C16H17F3N2O3/c17-16(18,19)12-3-1-2-10(4-12)6-20-7-11(5-14(20)23)15(24)21-8-13(22)9-21/h1-4,11,13,22H,5-9H2. The lowest BCUT2D eigenvalue weighted by Crippen LogP contribution is -2.55. The van der Waals surface area contributed by atoms with E-state index in [9.17, 15) is 27.9 Å². The van der Waals surface area contributed by atoms with Gasteiger partial charge in [-0.05, 0) is 17.7 Å². The minimum Gasteiger partial charge on any atom is -0.389 e. The Kier molecular flexibility index (Phi) is 4.25. The topological polar surface area (TPSA) is 60.9 Å². The van der Waals surface area contributed by atoms with Crippen LogP contribution in [-0.2, 0) is 22.3 Å².